The van der Waals surface area contributed by atoms with E-state index in [0.29, 0.717) is 10.3 Å². The summed E-state index contributed by atoms with van der Waals surface area (Å²) in [5.74, 6) is -1.03. The first-order valence-corrected chi connectivity index (χ1v) is 4.70. The first-order valence-electron chi connectivity index (χ1n) is 3.82. The van der Waals surface area contributed by atoms with Gasteiger partial charge in [0.15, 0.2) is 5.69 Å². The van der Waals surface area contributed by atoms with E-state index in [0.717, 1.165) is 0 Å². The molecule has 0 saturated carbocycles. The molecule has 0 saturated heterocycles. The maximum absolute atomic E-state index is 10.7. The van der Waals surface area contributed by atoms with Crippen LogP contribution in [-0.4, -0.2) is 26.3 Å². The number of rotatable bonds is 3. The van der Waals surface area contributed by atoms with Gasteiger partial charge >= 0.3 is 5.97 Å². The maximum atomic E-state index is 10.7. The molecule has 1 rings (SSSR count). The largest absolute Gasteiger partial charge is 0.476 e. The Bertz CT molecular complexity index is 315. The fraction of sp³-hybridized carbons (Fsp3) is 0.375. The van der Waals surface area contributed by atoms with Crippen molar-refractivity contribution in [2.75, 3.05) is 0 Å². The molecule has 0 radical (unpaired) electrons. The van der Waals surface area contributed by atoms with E-state index < -0.39 is 5.97 Å². The van der Waals surface area contributed by atoms with E-state index in [9.17, 15) is 4.79 Å². The molecule has 0 unspecified atom stereocenters. The van der Waals surface area contributed by atoms with Gasteiger partial charge in [0.1, 0.15) is 5.03 Å². The smallest absolute Gasteiger partial charge is 0.357 e. The molecule has 70 valence electrons. The molecule has 5 heteroatoms. The van der Waals surface area contributed by atoms with Gasteiger partial charge in [-0.1, -0.05) is 13.8 Å². The Kier molecular flexibility index (Phi) is 3.25. The summed E-state index contributed by atoms with van der Waals surface area (Å²) in [7, 11) is 0. The second-order valence-corrected chi connectivity index (χ2v) is 4.25. The molecule has 0 aliphatic carbocycles. The van der Waals surface area contributed by atoms with Crippen molar-refractivity contribution in [3.63, 3.8) is 0 Å². The topological polar surface area (TPSA) is 63.1 Å². The molecule has 0 atom stereocenters. The van der Waals surface area contributed by atoms with Crippen LogP contribution in [0.2, 0.25) is 0 Å². The van der Waals surface area contributed by atoms with Crippen LogP contribution in [0.1, 0.15) is 24.3 Å². The van der Waals surface area contributed by atoms with Crippen LogP contribution in [0.3, 0.4) is 0 Å². The summed E-state index contributed by atoms with van der Waals surface area (Å²) in [6.07, 6.45) is 2.88. The highest BCUT2D eigenvalue weighted by Crippen LogP contribution is 2.22. The number of thioether (sulfide) groups is 1. The molecule has 1 aromatic rings. The third-order valence-corrected chi connectivity index (χ3v) is 2.21. The summed E-state index contributed by atoms with van der Waals surface area (Å²) < 4.78 is 0. The van der Waals surface area contributed by atoms with Crippen LogP contribution < -0.4 is 0 Å². The molecule has 0 spiro atoms. The maximum Gasteiger partial charge on any atom is 0.357 e. The van der Waals surface area contributed by atoms with Crippen molar-refractivity contribution < 1.29 is 9.90 Å². The molecule has 1 heterocycles. The number of aromatic carboxylic acids is 1. The van der Waals surface area contributed by atoms with Crippen LogP contribution in [0.25, 0.3) is 0 Å². The number of hydrogen-bond donors (Lipinski definition) is 1. The van der Waals surface area contributed by atoms with Crippen molar-refractivity contribution in [1.29, 1.82) is 0 Å². The lowest BCUT2D eigenvalue weighted by Crippen LogP contribution is -2.05. The van der Waals surface area contributed by atoms with Gasteiger partial charge in [0.2, 0.25) is 0 Å². The highest BCUT2D eigenvalue weighted by Gasteiger charge is 2.13. The zero-order valence-corrected chi connectivity index (χ0v) is 8.21. The summed E-state index contributed by atoms with van der Waals surface area (Å²) >= 11 is 1.40. The van der Waals surface area contributed by atoms with Crippen LogP contribution in [0.15, 0.2) is 17.4 Å². The second-order valence-electron chi connectivity index (χ2n) is 2.68. The van der Waals surface area contributed by atoms with E-state index in [1.54, 1.807) is 0 Å². The number of carboxylic acids is 1. The van der Waals surface area contributed by atoms with Gasteiger partial charge in [-0.15, -0.1) is 11.8 Å². The standard InChI is InChI=1S/C8H10N2O2S/c1-5(2)13-7-6(8(11)12)9-3-4-10-7/h3-5H,1-2H3,(H,11,12). The lowest BCUT2D eigenvalue weighted by atomic mass is 10.5. The Morgan fingerprint density at radius 3 is 2.62 bits per heavy atom. The van der Waals surface area contributed by atoms with Crippen LogP contribution in [0, 0.1) is 0 Å². The van der Waals surface area contributed by atoms with E-state index in [4.69, 9.17) is 5.11 Å². The van der Waals surface area contributed by atoms with Gasteiger partial charge in [0.05, 0.1) is 0 Å². The highest BCUT2D eigenvalue weighted by atomic mass is 32.2. The van der Waals surface area contributed by atoms with E-state index in [1.165, 1.54) is 24.2 Å². The first-order chi connectivity index (χ1) is 6.11. The van der Waals surface area contributed by atoms with Gasteiger partial charge in [-0.2, -0.15) is 0 Å². The predicted molar refractivity (Wildman–Crippen MR) is 50.0 cm³/mol. The fourth-order valence-corrected chi connectivity index (χ4v) is 1.60. The van der Waals surface area contributed by atoms with Gasteiger partial charge in [-0.3, -0.25) is 0 Å². The summed E-state index contributed by atoms with van der Waals surface area (Å²) in [5.41, 5.74) is 0.0289. The molecule has 1 N–H and O–H groups in total. The number of nitrogens with zero attached hydrogens (tertiary/aromatic N) is 2. The molecule has 0 aromatic carbocycles. The lowest BCUT2D eigenvalue weighted by molar-refractivity contribution is 0.0685. The minimum atomic E-state index is -1.03. The van der Waals surface area contributed by atoms with Gasteiger partial charge in [0, 0.05) is 17.6 Å². The van der Waals surface area contributed by atoms with Gasteiger partial charge in [-0.25, -0.2) is 14.8 Å². The molecular weight excluding hydrogens is 188 g/mol. The molecule has 0 fully saturated rings. The Labute approximate surface area is 80.4 Å². The zero-order chi connectivity index (χ0) is 9.84. The average Bonchev–Trinajstić information content (AvgIpc) is 2.03. The molecule has 1 aromatic heterocycles. The Hall–Kier alpha value is -1.10. The van der Waals surface area contributed by atoms with Gasteiger partial charge in [-0.05, 0) is 0 Å². The van der Waals surface area contributed by atoms with Crippen LogP contribution in [0.4, 0.5) is 0 Å². The molecule has 4 nitrogen and oxygen atoms in total. The molecule has 0 bridgehead atoms. The van der Waals surface area contributed by atoms with Gasteiger partial charge < -0.3 is 5.11 Å². The fourth-order valence-electron chi connectivity index (χ4n) is 0.781. The van der Waals surface area contributed by atoms with Crippen molar-refractivity contribution >= 4 is 17.7 Å². The van der Waals surface area contributed by atoms with E-state index in [1.807, 2.05) is 13.8 Å². The van der Waals surface area contributed by atoms with Crippen molar-refractivity contribution in [2.24, 2.45) is 0 Å². The lowest BCUT2D eigenvalue weighted by Gasteiger charge is -2.04. The quantitative estimate of drug-likeness (QED) is 0.748. The SMILES string of the molecule is CC(C)Sc1nccnc1C(=O)O. The molecule has 0 aliphatic rings. The molecule has 0 aliphatic heterocycles. The summed E-state index contributed by atoms with van der Waals surface area (Å²) in [6, 6.07) is 0. The van der Waals surface area contributed by atoms with Crippen LogP contribution in [0.5, 0.6) is 0 Å². The van der Waals surface area contributed by atoms with Crippen molar-refractivity contribution in [3.8, 4) is 0 Å². The van der Waals surface area contributed by atoms with E-state index >= 15 is 0 Å². The minimum Gasteiger partial charge on any atom is -0.476 e. The summed E-state index contributed by atoms with van der Waals surface area (Å²) in [6.45, 7) is 3.95. The first kappa shape index (κ1) is 9.98. The number of hydrogen-bond acceptors (Lipinski definition) is 4. The Balaban J connectivity index is 2.98. The van der Waals surface area contributed by atoms with E-state index in [2.05, 4.69) is 9.97 Å². The Morgan fingerprint density at radius 2 is 2.08 bits per heavy atom. The van der Waals surface area contributed by atoms with Gasteiger partial charge in [0.25, 0.3) is 0 Å². The normalized spacial score (nSPS) is 10.4. The Morgan fingerprint density at radius 1 is 1.46 bits per heavy atom. The molecular formula is C8H10N2O2S. The monoisotopic (exact) mass is 198 g/mol. The second kappa shape index (κ2) is 4.23. The van der Waals surface area contributed by atoms with Crippen molar-refractivity contribution in [1.82, 2.24) is 9.97 Å². The number of carboxylic acid groups (broad SMARTS) is 1. The third-order valence-electron chi connectivity index (χ3n) is 1.21. The van der Waals surface area contributed by atoms with Crippen molar-refractivity contribution in [2.45, 2.75) is 24.1 Å². The predicted octanol–water partition coefficient (Wildman–Crippen LogP) is 1.68. The van der Waals surface area contributed by atoms with E-state index in [-0.39, 0.29) is 5.69 Å². The number of carbonyl (C=O) groups is 1. The van der Waals surface area contributed by atoms with Crippen LogP contribution in [-0.2, 0) is 0 Å². The third kappa shape index (κ3) is 2.69. The van der Waals surface area contributed by atoms with Crippen molar-refractivity contribution in [3.05, 3.63) is 18.1 Å². The molecule has 13 heavy (non-hydrogen) atoms. The minimum absolute atomic E-state index is 0.0289. The number of aromatic nitrogens is 2. The molecule has 0 amide bonds. The summed E-state index contributed by atoms with van der Waals surface area (Å²) in [5, 5.41) is 9.54. The summed E-state index contributed by atoms with van der Waals surface area (Å²) in [4.78, 5) is 18.4. The zero-order valence-electron chi connectivity index (χ0n) is 7.39. The average molecular weight is 198 g/mol. The van der Waals surface area contributed by atoms with Crippen LogP contribution >= 0.6 is 11.8 Å². The highest BCUT2D eigenvalue weighted by molar-refractivity contribution is 7.99.